The van der Waals surface area contributed by atoms with Gasteiger partial charge in [0.2, 0.25) is 5.91 Å². The van der Waals surface area contributed by atoms with E-state index in [1.54, 1.807) is 7.11 Å². The fourth-order valence-corrected chi connectivity index (χ4v) is 2.64. The SMILES string of the molecule is COCCc1noc(COc2ccc(C3CCCC(=O)N3)cc2)n1. The zero-order chi connectivity index (χ0) is 16.8. The molecule has 3 rings (SSSR count). The summed E-state index contributed by atoms with van der Waals surface area (Å²) in [5, 5.41) is 6.87. The van der Waals surface area contributed by atoms with Crippen LogP contribution in [0.4, 0.5) is 0 Å². The van der Waals surface area contributed by atoms with Gasteiger partial charge in [-0.3, -0.25) is 4.79 Å². The Hall–Kier alpha value is -2.41. The Labute approximate surface area is 140 Å². The molecule has 2 aromatic rings. The number of nitrogens with zero attached hydrogens (tertiary/aromatic N) is 2. The first-order chi connectivity index (χ1) is 11.7. The van der Waals surface area contributed by atoms with Gasteiger partial charge in [0, 0.05) is 20.0 Å². The van der Waals surface area contributed by atoms with Crippen molar-refractivity contribution < 1.29 is 18.8 Å². The normalized spacial score (nSPS) is 17.5. The first-order valence-electron chi connectivity index (χ1n) is 8.07. The van der Waals surface area contributed by atoms with Gasteiger partial charge in [-0.1, -0.05) is 17.3 Å². The molecule has 7 heteroatoms. The van der Waals surface area contributed by atoms with Crippen LogP contribution < -0.4 is 10.1 Å². The summed E-state index contributed by atoms with van der Waals surface area (Å²) in [4.78, 5) is 15.7. The predicted octanol–water partition coefficient (Wildman–Crippen LogP) is 2.18. The average Bonchev–Trinajstić information content (AvgIpc) is 3.06. The van der Waals surface area contributed by atoms with Crippen LogP contribution in [0, 0.1) is 0 Å². The molecular weight excluding hydrogens is 310 g/mol. The van der Waals surface area contributed by atoms with Crippen LogP contribution in [0.2, 0.25) is 0 Å². The van der Waals surface area contributed by atoms with Crippen LogP contribution in [-0.4, -0.2) is 29.8 Å². The molecule has 1 amide bonds. The van der Waals surface area contributed by atoms with Crippen LogP contribution in [0.25, 0.3) is 0 Å². The molecule has 0 spiro atoms. The Morgan fingerprint density at radius 1 is 1.33 bits per heavy atom. The number of carbonyl (C=O) groups excluding carboxylic acids is 1. The summed E-state index contributed by atoms with van der Waals surface area (Å²) in [5.41, 5.74) is 1.09. The molecule has 1 aromatic heterocycles. The van der Waals surface area contributed by atoms with E-state index in [0.29, 0.717) is 31.2 Å². The Morgan fingerprint density at radius 3 is 2.92 bits per heavy atom. The van der Waals surface area contributed by atoms with Gasteiger partial charge in [0.15, 0.2) is 12.4 Å². The maximum atomic E-state index is 11.5. The maximum absolute atomic E-state index is 11.5. The third-order valence-corrected chi connectivity index (χ3v) is 3.92. The van der Waals surface area contributed by atoms with Gasteiger partial charge in [-0.2, -0.15) is 4.98 Å². The summed E-state index contributed by atoms with van der Waals surface area (Å²) in [6, 6.07) is 7.82. The molecule has 7 nitrogen and oxygen atoms in total. The second-order valence-corrected chi connectivity index (χ2v) is 5.72. The highest BCUT2D eigenvalue weighted by Gasteiger charge is 2.19. The van der Waals surface area contributed by atoms with Gasteiger partial charge in [0.1, 0.15) is 5.75 Å². The van der Waals surface area contributed by atoms with Crippen molar-refractivity contribution in [3.05, 3.63) is 41.5 Å². The van der Waals surface area contributed by atoms with Crippen molar-refractivity contribution in [1.29, 1.82) is 0 Å². The maximum Gasteiger partial charge on any atom is 0.264 e. The van der Waals surface area contributed by atoms with Crippen LogP contribution >= 0.6 is 0 Å². The summed E-state index contributed by atoms with van der Waals surface area (Å²) >= 11 is 0. The van der Waals surface area contributed by atoms with Crippen LogP contribution in [0.15, 0.2) is 28.8 Å². The molecule has 1 aliphatic heterocycles. The molecule has 2 heterocycles. The molecule has 0 radical (unpaired) electrons. The van der Waals surface area contributed by atoms with E-state index < -0.39 is 0 Å². The van der Waals surface area contributed by atoms with Crippen molar-refractivity contribution in [2.45, 2.75) is 38.3 Å². The summed E-state index contributed by atoms with van der Waals surface area (Å²) < 4.78 is 15.8. The second-order valence-electron chi connectivity index (χ2n) is 5.72. The number of amides is 1. The first-order valence-corrected chi connectivity index (χ1v) is 8.07. The number of methoxy groups -OCH3 is 1. The average molecular weight is 331 g/mol. The lowest BCUT2D eigenvalue weighted by atomic mass is 9.97. The molecule has 1 aromatic carbocycles. The van der Waals surface area contributed by atoms with Crippen LogP contribution in [0.5, 0.6) is 5.75 Å². The Balaban J connectivity index is 1.52. The number of nitrogens with one attached hydrogen (secondary N) is 1. The Bertz CT molecular complexity index is 669. The summed E-state index contributed by atoms with van der Waals surface area (Å²) in [6.45, 7) is 0.776. The number of hydrogen-bond acceptors (Lipinski definition) is 6. The molecule has 0 saturated carbocycles. The molecule has 1 saturated heterocycles. The van der Waals surface area contributed by atoms with Crippen molar-refractivity contribution in [2.24, 2.45) is 0 Å². The van der Waals surface area contributed by atoms with E-state index in [1.165, 1.54) is 0 Å². The second kappa shape index (κ2) is 7.92. The number of carbonyl (C=O) groups is 1. The van der Waals surface area contributed by atoms with Crippen molar-refractivity contribution in [3.8, 4) is 5.75 Å². The smallest absolute Gasteiger partial charge is 0.264 e. The van der Waals surface area contributed by atoms with Gasteiger partial charge in [0.25, 0.3) is 5.89 Å². The highest BCUT2D eigenvalue weighted by molar-refractivity contribution is 5.77. The predicted molar refractivity (Wildman–Crippen MR) is 85.4 cm³/mol. The summed E-state index contributed by atoms with van der Waals surface area (Å²) in [6.07, 6.45) is 3.13. The van der Waals surface area contributed by atoms with E-state index >= 15 is 0 Å². The minimum Gasteiger partial charge on any atom is -0.484 e. The first kappa shape index (κ1) is 16.4. The molecule has 0 aliphatic carbocycles. The van der Waals surface area contributed by atoms with Gasteiger partial charge < -0.3 is 19.3 Å². The lowest BCUT2D eigenvalue weighted by molar-refractivity contribution is -0.123. The molecule has 1 atom stereocenters. The Morgan fingerprint density at radius 2 is 2.17 bits per heavy atom. The molecule has 1 fully saturated rings. The molecule has 0 bridgehead atoms. The van der Waals surface area contributed by atoms with E-state index in [2.05, 4.69) is 15.5 Å². The van der Waals surface area contributed by atoms with Gasteiger partial charge in [-0.25, -0.2) is 0 Å². The lowest BCUT2D eigenvalue weighted by Gasteiger charge is -2.23. The van der Waals surface area contributed by atoms with E-state index in [-0.39, 0.29) is 18.6 Å². The third kappa shape index (κ3) is 4.32. The molecule has 1 aliphatic rings. The van der Waals surface area contributed by atoms with Gasteiger partial charge in [-0.15, -0.1) is 0 Å². The van der Waals surface area contributed by atoms with Crippen LogP contribution in [-0.2, 0) is 22.6 Å². The number of hydrogen-bond donors (Lipinski definition) is 1. The fraction of sp³-hybridized carbons (Fsp3) is 0.471. The number of rotatable bonds is 7. The van der Waals surface area contributed by atoms with Crippen molar-refractivity contribution >= 4 is 5.91 Å². The molecule has 1 N–H and O–H groups in total. The van der Waals surface area contributed by atoms with Gasteiger partial charge >= 0.3 is 0 Å². The van der Waals surface area contributed by atoms with E-state index in [1.807, 2.05) is 24.3 Å². The van der Waals surface area contributed by atoms with E-state index in [4.69, 9.17) is 14.0 Å². The quantitative estimate of drug-likeness (QED) is 0.837. The number of aromatic nitrogens is 2. The van der Waals surface area contributed by atoms with E-state index in [0.717, 1.165) is 24.2 Å². The molecular formula is C17H21N3O4. The largest absolute Gasteiger partial charge is 0.484 e. The van der Waals surface area contributed by atoms with Crippen LogP contribution in [0.1, 0.15) is 42.6 Å². The molecule has 128 valence electrons. The minimum absolute atomic E-state index is 0.0968. The summed E-state index contributed by atoms with van der Waals surface area (Å²) in [7, 11) is 1.63. The van der Waals surface area contributed by atoms with Crippen LogP contribution in [0.3, 0.4) is 0 Å². The lowest BCUT2D eigenvalue weighted by Crippen LogP contribution is -2.32. The van der Waals surface area contributed by atoms with Crippen molar-refractivity contribution in [1.82, 2.24) is 15.5 Å². The number of piperidine rings is 1. The van der Waals surface area contributed by atoms with Crippen molar-refractivity contribution in [2.75, 3.05) is 13.7 Å². The minimum atomic E-state index is 0.0968. The monoisotopic (exact) mass is 331 g/mol. The summed E-state index contributed by atoms with van der Waals surface area (Å²) in [5.74, 6) is 1.88. The third-order valence-electron chi connectivity index (χ3n) is 3.92. The fourth-order valence-electron chi connectivity index (χ4n) is 2.64. The molecule has 24 heavy (non-hydrogen) atoms. The number of ether oxygens (including phenoxy) is 2. The van der Waals surface area contributed by atoms with E-state index in [9.17, 15) is 4.79 Å². The standard InChI is InChI=1S/C17H21N3O4/c1-22-10-9-15-19-17(24-20-15)11-23-13-7-5-12(6-8-13)14-3-2-4-16(21)18-14/h5-8,14H,2-4,9-11H2,1H3,(H,18,21). The zero-order valence-corrected chi connectivity index (χ0v) is 13.7. The zero-order valence-electron chi connectivity index (χ0n) is 13.7. The molecule has 1 unspecified atom stereocenters. The number of benzene rings is 1. The van der Waals surface area contributed by atoms with Gasteiger partial charge in [0.05, 0.1) is 12.6 Å². The topological polar surface area (TPSA) is 86.5 Å². The highest BCUT2D eigenvalue weighted by Crippen LogP contribution is 2.25. The Kier molecular flexibility index (Phi) is 5.43. The highest BCUT2D eigenvalue weighted by atomic mass is 16.5. The van der Waals surface area contributed by atoms with Crippen molar-refractivity contribution in [3.63, 3.8) is 0 Å². The van der Waals surface area contributed by atoms with Gasteiger partial charge in [-0.05, 0) is 30.5 Å².